The van der Waals surface area contributed by atoms with Gasteiger partial charge in [0.25, 0.3) is 11.8 Å². The van der Waals surface area contributed by atoms with Gasteiger partial charge in [0.05, 0.1) is 5.56 Å². The van der Waals surface area contributed by atoms with Gasteiger partial charge in [-0.05, 0) is 38.2 Å². The van der Waals surface area contributed by atoms with Crippen molar-refractivity contribution in [1.82, 2.24) is 10.1 Å². The molecule has 1 amide bonds. The van der Waals surface area contributed by atoms with Gasteiger partial charge in [0.2, 0.25) is 0 Å². The van der Waals surface area contributed by atoms with Crippen molar-refractivity contribution in [2.24, 2.45) is 0 Å². The van der Waals surface area contributed by atoms with Crippen LogP contribution in [0.5, 0.6) is 0 Å². The highest BCUT2D eigenvalue weighted by molar-refractivity contribution is 7.23. The number of nitrogens with zero attached hydrogens (tertiary/aromatic N) is 2. The number of aromatic nitrogens is 2. The molecule has 2 heterocycles. The van der Waals surface area contributed by atoms with Gasteiger partial charge in [0, 0.05) is 27.2 Å². The molecule has 1 N–H and O–H groups in total. The van der Waals surface area contributed by atoms with E-state index in [-0.39, 0.29) is 5.91 Å². The molecule has 5 rings (SSSR count). The molecular weight excluding hydrogens is 362 g/mol. The SMILES string of the molecule is O=CC1=C(C(=O)Nc2sc3ccccc3c2-c2nc(C3CC3)no2)CCC1. The lowest BCUT2D eigenvalue weighted by atomic mass is 10.1. The first-order valence-electron chi connectivity index (χ1n) is 9.08. The van der Waals surface area contributed by atoms with E-state index < -0.39 is 0 Å². The van der Waals surface area contributed by atoms with E-state index in [2.05, 4.69) is 15.5 Å². The summed E-state index contributed by atoms with van der Waals surface area (Å²) in [5.41, 5.74) is 1.94. The fraction of sp³-hybridized carbons (Fsp3) is 0.300. The summed E-state index contributed by atoms with van der Waals surface area (Å²) in [4.78, 5) is 28.6. The summed E-state index contributed by atoms with van der Waals surface area (Å²) in [6.07, 6.45) is 5.12. The summed E-state index contributed by atoms with van der Waals surface area (Å²) in [6, 6.07) is 7.90. The molecule has 2 aliphatic carbocycles. The number of amides is 1. The van der Waals surface area contributed by atoms with Crippen LogP contribution in [0.2, 0.25) is 0 Å². The van der Waals surface area contributed by atoms with E-state index in [1.165, 1.54) is 11.3 Å². The van der Waals surface area contributed by atoms with Gasteiger partial charge in [-0.3, -0.25) is 9.59 Å². The summed E-state index contributed by atoms with van der Waals surface area (Å²) in [6.45, 7) is 0. The van der Waals surface area contributed by atoms with Crippen LogP contribution in [0.3, 0.4) is 0 Å². The number of allylic oxidation sites excluding steroid dienone is 1. The second kappa shape index (κ2) is 6.42. The largest absolute Gasteiger partial charge is 0.334 e. The van der Waals surface area contributed by atoms with Crippen molar-refractivity contribution >= 4 is 38.6 Å². The summed E-state index contributed by atoms with van der Waals surface area (Å²) < 4.78 is 6.57. The van der Waals surface area contributed by atoms with Crippen molar-refractivity contribution in [2.45, 2.75) is 38.0 Å². The Kier molecular flexibility index (Phi) is 3.89. The lowest BCUT2D eigenvalue weighted by molar-refractivity contribution is -0.113. The van der Waals surface area contributed by atoms with E-state index in [1.807, 2.05) is 24.3 Å². The lowest BCUT2D eigenvalue weighted by Gasteiger charge is -2.06. The second-order valence-electron chi connectivity index (χ2n) is 6.96. The number of benzene rings is 1. The van der Waals surface area contributed by atoms with Crippen molar-refractivity contribution in [3.8, 4) is 11.5 Å². The number of fused-ring (bicyclic) bond motifs is 1. The highest BCUT2D eigenvalue weighted by atomic mass is 32.1. The first-order valence-corrected chi connectivity index (χ1v) is 9.90. The Morgan fingerprint density at radius 1 is 1.26 bits per heavy atom. The predicted octanol–water partition coefficient (Wildman–Crippen LogP) is 4.45. The van der Waals surface area contributed by atoms with Gasteiger partial charge in [-0.2, -0.15) is 4.98 Å². The van der Waals surface area contributed by atoms with E-state index in [9.17, 15) is 9.59 Å². The fourth-order valence-corrected chi connectivity index (χ4v) is 4.61. The highest BCUT2D eigenvalue weighted by Crippen LogP contribution is 2.44. The van der Waals surface area contributed by atoms with Gasteiger partial charge in [-0.15, -0.1) is 11.3 Å². The smallest absolute Gasteiger partial charge is 0.261 e. The first-order chi connectivity index (χ1) is 13.2. The van der Waals surface area contributed by atoms with Crippen LogP contribution in [-0.2, 0) is 9.59 Å². The van der Waals surface area contributed by atoms with Crippen molar-refractivity contribution in [3.63, 3.8) is 0 Å². The van der Waals surface area contributed by atoms with Crippen molar-refractivity contribution < 1.29 is 14.1 Å². The van der Waals surface area contributed by atoms with Gasteiger partial charge in [-0.1, -0.05) is 23.4 Å². The zero-order chi connectivity index (χ0) is 18.4. The molecule has 0 aliphatic heterocycles. The molecule has 2 aromatic heterocycles. The molecule has 1 fully saturated rings. The Morgan fingerprint density at radius 2 is 2.11 bits per heavy atom. The molecule has 2 aliphatic rings. The first kappa shape index (κ1) is 16.4. The molecule has 0 bridgehead atoms. The Hall–Kier alpha value is -2.80. The number of thiophene rings is 1. The van der Waals surface area contributed by atoms with Crippen molar-refractivity contribution in [3.05, 3.63) is 41.2 Å². The molecule has 6 nitrogen and oxygen atoms in total. The minimum Gasteiger partial charge on any atom is -0.334 e. The average Bonchev–Trinajstić information content (AvgIpc) is 3.09. The Morgan fingerprint density at radius 3 is 2.93 bits per heavy atom. The fourth-order valence-electron chi connectivity index (χ4n) is 3.52. The molecule has 1 saturated carbocycles. The van der Waals surface area contributed by atoms with Gasteiger partial charge in [0.1, 0.15) is 11.3 Å². The molecule has 1 aromatic carbocycles. The number of hydrogen-bond donors (Lipinski definition) is 1. The topological polar surface area (TPSA) is 85.1 Å². The molecule has 136 valence electrons. The van der Waals surface area contributed by atoms with E-state index in [1.54, 1.807) is 0 Å². The maximum atomic E-state index is 12.8. The van der Waals surface area contributed by atoms with Crippen LogP contribution in [0.4, 0.5) is 5.00 Å². The normalized spacial score (nSPS) is 16.9. The van der Waals surface area contributed by atoms with E-state index in [4.69, 9.17) is 4.52 Å². The van der Waals surface area contributed by atoms with Gasteiger partial charge in [0.15, 0.2) is 5.82 Å². The highest BCUT2D eigenvalue weighted by Gasteiger charge is 2.30. The van der Waals surface area contributed by atoms with Gasteiger partial charge < -0.3 is 9.84 Å². The molecule has 7 heteroatoms. The van der Waals surface area contributed by atoms with Crippen LogP contribution in [0.25, 0.3) is 21.5 Å². The zero-order valence-electron chi connectivity index (χ0n) is 14.5. The Bertz CT molecular complexity index is 1090. The van der Waals surface area contributed by atoms with E-state index >= 15 is 0 Å². The zero-order valence-corrected chi connectivity index (χ0v) is 15.3. The molecule has 0 unspecified atom stereocenters. The number of carbonyl (C=O) groups is 2. The summed E-state index contributed by atoms with van der Waals surface area (Å²) in [5, 5.41) is 8.76. The lowest BCUT2D eigenvalue weighted by Crippen LogP contribution is -2.14. The maximum Gasteiger partial charge on any atom is 0.261 e. The monoisotopic (exact) mass is 379 g/mol. The van der Waals surface area contributed by atoms with Gasteiger partial charge in [-0.25, -0.2) is 0 Å². The van der Waals surface area contributed by atoms with Crippen LogP contribution >= 0.6 is 11.3 Å². The van der Waals surface area contributed by atoms with E-state index in [0.717, 1.165) is 47.0 Å². The molecular formula is C20H17N3O3S. The van der Waals surface area contributed by atoms with Crippen LogP contribution in [0.1, 0.15) is 43.8 Å². The second-order valence-corrected chi connectivity index (χ2v) is 8.02. The number of carbonyl (C=O) groups excluding carboxylic acids is 2. The Labute approximate surface area is 159 Å². The van der Waals surface area contributed by atoms with Crippen LogP contribution in [0, 0.1) is 0 Å². The van der Waals surface area contributed by atoms with Crippen LogP contribution < -0.4 is 5.32 Å². The quantitative estimate of drug-likeness (QED) is 0.662. The summed E-state index contributed by atoms with van der Waals surface area (Å²) in [5.74, 6) is 1.34. The third-order valence-electron chi connectivity index (χ3n) is 5.10. The van der Waals surface area contributed by atoms with Crippen molar-refractivity contribution in [2.75, 3.05) is 5.32 Å². The Balaban J connectivity index is 1.57. The molecule has 0 spiro atoms. The van der Waals surface area contributed by atoms with E-state index in [0.29, 0.717) is 40.8 Å². The minimum atomic E-state index is -0.218. The van der Waals surface area contributed by atoms with Crippen molar-refractivity contribution in [1.29, 1.82) is 0 Å². The standard InChI is InChI=1S/C20H17N3O3S/c24-10-12-4-3-6-13(12)18(25)22-20-16(14-5-1-2-7-15(14)27-20)19-21-17(23-26-19)11-8-9-11/h1-2,5,7,10-11H,3-4,6,8-9H2,(H,22,25). The van der Waals surface area contributed by atoms with Crippen LogP contribution in [0.15, 0.2) is 39.9 Å². The number of aldehydes is 1. The third kappa shape index (κ3) is 2.88. The number of hydrogen-bond acceptors (Lipinski definition) is 6. The number of nitrogens with one attached hydrogen (secondary N) is 1. The number of anilines is 1. The third-order valence-corrected chi connectivity index (χ3v) is 6.18. The molecule has 0 saturated heterocycles. The molecule has 0 radical (unpaired) electrons. The molecule has 0 atom stereocenters. The maximum absolute atomic E-state index is 12.8. The summed E-state index contributed by atoms with van der Waals surface area (Å²) in [7, 11) is 0. The predicted molar refractivity (Wildman–Crippen MR) is 103 cm³/mol. The summed E-state index contributed by atoms with van der Waals surface area (Å²) >= 11 is 1.48. The average molecular weight is 379 g/mol. The number of rotatable bonds is 5. The molecule has 3 aromatic rings. The minimum absolute atomic E-state index is 0.218. The van der Waals surface area contributed by atoms with Gasteiger partial charge >= 0.3 is 0 Å². The molecule has 27 heavy (non-hydrogen) atoms. The van der Waals surface area contributed by atoms with Crippen LogP contribution in [-0.4, -0.2) is 22.3 Å².